The lowest BCUT2D eigenvalue weighted by Crippen LogP contribution is -2.48. The molecule has 7 heteroatoms. The molecule has 1 saturated carbocycles. The number of nitrogens with one attached hydrogen (secondary N) is 1. The molecular weight excluding hydrogens is 374 g/mol. The monoisotopic (exact) mass is 397 g/mol. The summed E-state index contributed by atoms with van der Waals surface area (Å²) in [6.45, 7) is 3.76. The van der Waals surface area contributed by atoms with Gasteiger partial charge in [0, 0.05) is 22.8 Å². The highest BCUT2D eigenvalue weighted by Crippen LogP contribution is 2.36. The summed E-state index contributed by atoms with van der Waals surface area (Å²) >= 11 is 1.39. The van der Waals surface area contributed by atoms with E-state index in [2.05, 4.69) is 10.3 Å². The molecule has 0 atom stereocenters. The van der Waals surface area contributed by atoms with Crippen molar-refractivity contribution in [2.45, 2.75) is 51.5 Å². The van der Waals surface area contributed by atoms with Crippen molar-refractivity contribution in [1.82, 2.24) is 15.2 Å². The molecule has 146 valence electrons. The fourth-order valence-corrected chi connectivity index (χ4v) is 5.30. The molecule has 1 aliphatic heterocycles. The summed E-state index contributed by atoms with van der Waals surface area (Å²) in [5, 5.41) is 2.86. The lowest BCUT2D eigenvalue weighted by molar-refractivity contribution is -0.132. The first-order valence-electron chi connectivity index (χ1n) is 9.60. The number of aromatic nitrogens is 1. The molecule has 2 aromatic rings. The molecule has 3 amide bonds. The summed E-state index contributed by atoms with van der Waals surface area (Å²) in [5.74, 6) is -0.459. The van der Waals surface area contributed by atoms with Crippen molar-refractivity contribution < 1.29 is 14.4 Å². The summed E-state index contributed by atoms with van der Waals surface area (Å²) in [6, 6.07) is 3.33. The smallest absolute Gasteiger partial charge is 0.323 e. The van der Waals surface area contributed by atoms with E-state index < -0.39 is 11.6 Å². The van der Waals surface area contributed by atoms with Crippen LogP contribution in [-0.4, -0.2) is 39.7 Å². The first-order chi connectivity index (χ1) is 13.4. The SMILES string of the molecule is Cc1ccncc1-c1sc(C(=O)CN2C(=O)NC3(CCCCC3)C2=O)cc1C. The molecule has 6 nitrogen and oxygen atoms in total. The Labute approximate surface area is 168 Å². The predicted octanol–water partition coefficient (Wildman–Crippen LogP) is 3.86. The zero-order valence-corrected chi connectivity index (χ0v) is 16.9. The highest BCUT2D eigenvalue weighted by atomic mass is 32.1. The minimum atomic E-state index is -0.793. The van der Waals surface area contributed by atoms with Crippen LogP contribution in [0.2, 0.25) is 0 Å². The highest BCUT2D eigenvalue weighted by molar-refractivity contribution is 7.17. The van der Waals surface area contributed by atoms with Crippen LogP contribution in [0.25, 0.3) is 10.4 Å². The van der Waals surface area contributed by atoms with E-state index in [9.17, 15) is 14.4 Å². The molecular formula is C21H23N3O3S. The Morgan fingerprint density at radius 3 is 2.68 bits per heavy atom. The molecule has 0 radical (unpaired) electrons. The zero-order valence-electron chi connectivity index (χ0n) is 16.1. The van der Waals surface area contributed by atoms with Crippen LogP contribution >= 0.6 is 11.3 Å². The molecule has 1 aliphatic carbocycles. The maximum Gasteiger partial charge on any atom is 0.325 e. The van der Waals surface area contributed by atoms with Gasteiger partial charge in [0.2, 0.25) is 0 Å². The predicted molar refractivity (Wildman–Crippen MR) is 107 cm³/mol. The normalized spacial score (nSPS) is 18.6. The molecule has 2 aliphatic rings. The summed E-state index contributed by atoms with van der Waals surface area (Å²) in [5.41, 5.74) is 2.29. The van der Waals surface area contributed by atoms with Gasteiger partial charge in [-0.2, -0.15) is 0 Å². The van der Waals surface area contributed by atoms with Crippen LogP contribution in [0.5, 0.6) is 0 Å². The van der Waals surface area contributed by atoms with Crippen molar-refractivity contribution in [3.63, 3.8) is 0 Å². The molecule has 2 aromatic heterocycles. The Morgan fingerprint density at radius 2 is 1.96 bits per heavy atom. The van der Waals surface area contributed by atoms with Crippen LogP contribution < -0.4 is 5.32 Å². The molecule has 0 bridgehead atoms. The van der Waals surface area contributed by atoms with Crippen molar-refractivity contribution in [1.29, 1.82) is 0 Å². The zero-order chi connectivity index (χ0) is 19.9. The Morgan fingerprint density at radius 1 is 1.21 bits per heavy atom. The number of hydrogen-bond donors (Lipinski definition) is 1. The fraction of sp³-hybridized carbons (Fsp3) is 0.429. The van der Waals surface area contributed by atoms with E-state index in [-0.39, 0.29) is 18.2 Å². The van der Waals surface area contributed by atoms with E-state index in [0.717, 1.165) is 45.7 Å². The third-order valence-corrected chi connectivity index (χ3v) is 7.04. The van der Waals surface area contributed by atoms with E-state index in [0.29, 0.717) is 17.7 Å². The highest BCUT2D eigenvalue weighted by Gasteiger charge is 2.51. The Hall–Kier alpha value is -2.54. The molecule has 0 unspecified atom stereocenters. The second kappa shape index (κ2) is 7.13. The number of pyridine rings is 1. The average molecular weight is 398 g/mol. The maximum atomic E-state index is 12.9. The number of aryl methyl sites for hydroxylation is 2. The summed E-state index contributed by atoms with van der Waals surface area (Å²) in [4.78, 5) is 45.0. The van der Waals surface area contributed by atoms with Gasteiger partial charge in [0.05, 0.1) is 11.4 Å². The Kier molecular flexibility index (Phi) is 4.79. The second-order valence-corrected chi connectivity index (χ2v) is 8.75. The van der Waals surface area contributed by atoms with Crippen molar-refractivity contribution in [2.75, 3.05) is 6.54 Å². The van der Waals surface area contributed by atoms with Gasteiger partial charge in [-0.05, 0) is 49.9 Å². The number of hydrogen-bond acceptors (Lipinski definition) is 5. The van der Waals surface area contributed by atoms with E-state index in [1.165, 1.54) is 11.3 Å². The lowest BCUT2D eigenvalue weighted by Gasteiger charge is -2.30. The minimum absolute atomic E-state index is 0.210. The van der Waals surface area contributed by atoms with Crippen LogP contribution in [0.4, 0.5) is 4.79 Å². The maximum absolute atomic E-state index is 12.9. The van der Waals surface area contributed by atoms with Crippen molar-refractivity contribution >= 4 is 29.1 Å². The van der Waals surface area contributed by atoms with Crippen molar-refractivity contribution in [2.24, 2.45) is 0 Å². The minimum Gasteiger partial charge on any atom is -0.323 e. The Balaban J connectivity index is 1.55. The van der Waals surface area contributed by atoms with Crippen LogP contribution in [-0.2, 0) is 4.79 Å². The quantitative estimate of drug-likeness (QED) is 0.627. The number of carbonyl (C=O) groups excluding carboxylic acids is 3. The summed E-state index contributed by atoms with van der Waals surface area (Å²) < 4.78 is 0. The lowest BCUT2D eigenvalue weighted by atomic mass is 9.82. The summed E-state index contributed by atoms with van der Waals surface area (Å²) in [7, 11) is 0. The van der Waals surface area contributed by atoms with E-state index in [4.69, 9.17) is 0 Å². The van der Waals surface area contributed by atoms with Crippen molar-refractivity contribution in [3.05, 3.63) is 40.5 Å². The number of urea groups is 1. The van der Waals surface area contributed by atoms with Gasteiger partial charge in [0.1, 0.15) is 5.54 Å². The number of thiophene rings is 1. The van der Waals surface area contributed by atoms with Gasteiger partial charge < -0.3 is 5.32 Å². The molecule has 2 fully saturated rings. The van der Waals surface area contributed by atoms with Gasteiger partial charge in [-0.3, -0.25) is 19.5 Å². The third kappa shape index (κ3) is 3.13. The molecule has 0 aromatic carbocycles. The fourth-order valence-electron chi connectivity index (χ4n) is 4.12. The number of Topliss-reactive ketones (excluding diaryl/α,β-unsaturated/α-hetero) is 1. The number of amides is 3. The van der Waals surface area contributed by atoms with Crippen LogP contribution in [0.1, 0.15) is 52.9 Å². The average Bonchev–Trinajstić information content (AvgIpc) is 3.16. The number of rotatable bonds is 4. The topological polar surface area (TPSA) is 79.4 Å². The van der Waals surface area contributed by atoms with Crippen molar-refractivity contribution in [3.8, 4) is 10.4 Å². The first-order valence-corrected chi connectivity index (χ1v) is 10.4. The van der Waals surface area contributed by atoms with Gasteiger partial charge >= 0.3 is 6.03 Å². The van der Waals surface area contributed by atoms with Crippen LogP contribution in [0.15, 0.2) is 24.5 Å². The van der Waals surface area contributed by atoms with Gasteiger partial charge in [-0.25, -0.2) is 4.79 Å². The standard InChI is InChI=1S/C21H23N3O3S/c1-13-6-9-22-11-15(13)18-14(2)10-17(28-18)16(25)12-24-19(26)21(23-20(24)27)7-4-3-5-8-21/h6,9-11H,3-5,7-8,12H2,1-2H3,(H,23,27). The molecule has 1 N–H and O–H groups in total. The van der Waals surface area contributed by atoms with Gasteiger partial charge in [0.25, 0.3) is 5.91 Å². The van der Waals surface area contributed by atoms with Gasteiger partial charge in [0.15, 0.2) is 5.78 Å². The Bertz CT molecular complexity index is 960. The van der Waals surface area contributed by atoms with E-state index in [1.54, 1.807) is 12.4 Å². The number of ketones is 1. The molecule has 4 rings (SSSR count). The molecule has 3 heterocycles. The number of imide groups is 1. The van der Waals surface area contributed by atoms with Crippen LogP contribution in [0.3, 0.4) is 0 Å². The van der Waals surface area contributed by atoms with E-state index >= 15 is 0 Å². The van der Waals surface area contributed by atoms with E-state index in [1.807, 2.05) is 26.0 Å². The van der Waals surface area contributed by atoms with Gasteiger partial charge in [-0.1, -0.05) is 19.3 Å². The first kappa shape index (κ1) is 18.8. The molecule has 1 saturated heterocycles. The largest absolute Gasteiger partial charge is 0.325 e. The van der Waals surface area contributed by atoms with Crippen LogP contribution in [0, 0.1) is 13.8 Å². The summed E-state index contributed by atoms with van der Waals surface area (Å²) in [6.07, 6.45) is 7.78. The van der Waals surface area contributed by atoms with Gasteiger partial charge in [-0.15, -0.1) is 11.3 Å². The number of nitrogens with zero attached hydrogens (tertiary/aromatic N) is 2. The molecule has 28 heavy (non-hydrogen) atoms. The molecule has 1 spiro atoms. The third-order valence-electron chi connectivity index (χ3n) is 5.73. The number of carbonyl (C=O) groups is 3. The second-order valence-electron chi connectivity index (χ2n) is 7.70.